The molecule has 1 atom stereocenters. The number of hydrogen-bond donors (Lipinski definition) is 2. The van der Waals surface area contributed by atoms with Gasteiger partial charge in [0, 0.05) is 30.4 Å². The zero-order valence-corrected chi connectivity index (χ0v) is 16.0. The number of fused-ring (bicyclic) bond motifs is 1. The number of carbonyl (C=O) groups is 2. The number of anilines is 2. The third-order valence-corrected chi connectivity index (χ3v) is 5.15. The molecule has 2 aliphatic rings. The molecule has 2 aliphatic heterocycles. The van der Waals surface area contributed by atoms with Crippen LogP contribution in [0.25, 0.3) is 0 Å². The van der Waals surface area contributed by atoms with Gasteiger partial charge in [0.1, 0.15) is 13.2 Å². The molecule has 0 bridgehead atoms. The summed E-state index contributed by atoms with van der Waals surface area (Å²) < 4.78 is 11.1. The van der Waals surface area contributed by atoms with E-state index in [9.17, 15) is 9.59 Å². The third kappa shape index (κ3) is 3.60. The Kier molecular flexibility index (Phi) is 4.81. The lowest BCUT2D eigenvalue weighted by molar-refractivity contribution is -0.117. The minimum atomic E-state index is -0.310. The summed E-state index contributed by atoms with van der Waals surface area (Å²) >= 11 is 0. The molecule has 0 radical (unpaired) electrons. The van der Waals surface area contributed by atoms with Crippen LogP contribution in [0.15, 0.2) is 36.4 Å². The van der Waals surface area contributed by atoms with Crippen LogP contribution in [0.2, 0.25) is 0 Å². The Morgan fingerprint density at radius 1 is 1.11 bits per heavy atom. The summed E-state index contributed by atoms with van der Waals surface area (Å²) in [6, 6.07) is 10.7. The van der Waals surface area contributed by atoms with Gasteiger partial charge in [-0.05, 0) is 43.2 Å². The highest BCUT2D eigenvalue weighted by Crippen LogP contribution is 2.35. The first-order chi connectivity index (χ1) is 13.5. The number of urea groups is 1. The molecule has 0 aromatic heterocycles. The molecule has 1 fully saturated rings. The summed E-state index contributed by atoms with van der Waals surface area (Å²) in [5, 5.41) is 5.77. The first kappa shape index (κ1) is 18.2. The fourth-order valence-corrected chi connectivity index (χ4v) is 3.48. The number of nitrogens with zero attached hydrogens (tertiary/aromatic N) is 1. The smallest absolute Gasteiger partial charge is 0.319 e. The van der Waals surface area contributed by atoms with E-state index >= 15 is 0 Å². The minimum absolute atomic E-state index is 0.0336. The van der Waals surface area contributed by atoms with Crippen molar-refractivity contribution in [2.24, 2.45) is 0 Å². The number of aryl methyl sites for hydroxylation is 1. The molecule has 0 saturated carbocycles. The summed E-state index contributed by atoms with van der Waals surface area (Å²) in [7, 11) is 0. The van der Waals surface area contributed by atoms with Crippen molar-refractivity contribution in [2.45, 2.75) is 26.3 Å². The summed E-state index contributed by atoms with van der Waals surface area (Å²) in [4.78, 5) is 26.5. The molecule has 4 rings (SSSR count). The zero-order valence-electron chi connectivity index (χ0n) is 16.0. The lowest BCUT2D eigenvalue weighted by Gasteiger charge is -2.22. The van der Waals surface area contributed by atoms with Gasteiger partial charge in [-0.3, -0.25) is 4.79 Å². The summed E-state index contributed by atoms with van der Waals surface area (Å²) in [6.07, 6.45) is 0.259. The van der Waals surface area contributed by atoms with E-state index in [1.807, 2.05) is 50.2 Å². The van der Waals surface area contributed by atoms with E-state index in [1.54, 1.807) is 4.90 Å². The minimum Gasteiger partial charge on any atom is -0.486 e. The van der Waals surface area contributed by atoms with E-state index in [4.69, 9.17) is 9.47 Å². The molecule has 7 nitrogen and oxygen atoms in total. The van der Waals surface area contributed by atoms with Crippen molar-refractivity contribution in [2.75, 3.05) is 30.0 Å². The number of amides is 3. The highest BCUT2D eigenvalue weighted by molar-refractivity contribution is 5.98. The Morgan fingerprint density at radius 2 is 1.89 bits per heavy atom. The fraction of sp³-hybridized carbons (Fsp3) is 0.333. The second-order valence-corrected chi connectivity index (χ2v) is 7.08. The standard InChI is InChI=1S/C21H23N3O4/c1-13-4-3-5-17(14(13)2)23-21(26)22-15-10-20(25)24(12-15)16-6-7-18-19(11-16)28-9-8-27-18/h3-7,11,15H,8-10,12H2,1-2H3,(H2,22,23,26)/t15-/m0/s1. The third-order valence-electron chi connectivity index (χ3n) is 5.15. The maximum Gasteiger partial charge on any atom is 0.319 e. The van der Waals surface area contributed by atoms with E-state index in [-0.39, 0.29) is 24.4 Å². The number of hydrogen-bond acceptors (Lipinski definition) is 4. The molecule has 3 amide bonds. The average Bonchev–Trinajstić information content (AvgIpc) is 3.05. The number of rotatable bonds is 3. The molecule has 7 heteroatoms. The summed E-state index contributed by atoms with van der Waals surface area (Å²) in [6.45, 7) is 5.40. The number of carbonyl (C=O) groups excluding carboxylic acids is 2. The van der Waals surface area contributed by atoms with Crippen molar-refractivity contribution in [1.29, 1.82) is 0 Å². The Morgan fingerprint density at radius 3 is 2.71 bits per heavy atom. The van der Waals surface area contributed by atoms with Crippen LogP contribution in [0.4, 0.5) is 16.2 Å². The molecular weight excluding hydrogens is 358 g/mol. The molecule has 2 heterocycles. The molecule has 1 saturated heterocycles. The Labute approximate surface area is 163 Å². The molecule has 0 spiro atoms. The maximum atomic E-state index is 12.5. The van der Waals surface area contributed by atoms with Crippen LogP contribution in [-0.2, 0) is 4.79 Å². The van der Waals surface area contributed by atoms with Crippen LogP contribution >= 0.6 is 0 Å². The first-order valence-electron chi connectivity index (χ1n) is 9.35. The molecule has 2 aromatic rings. The molecular formula is C21H23N3O4. The van der Waals surface area contributed by atoms with Gasteiger partial charge in [-0.1, -0.05) is 12.1 Å². The highest BCUT2D eigenvalue weighted by atomic mass is 16.6. The van der Waals surface area contributed by atoms with Crippen LogP contribution in [0.3, 0.4) is 0 Å². The van der Waals surface area contributed by atoms with E-state index in [0.29, 0.717) is 31.3 Å². The number of nitrogens with one attached hydrogen (secondary N) is 2. The van der Waals surface area contributed by atoms with E-state index in [0.717, 1.165) is 22.5 Å². The van der Waals surface area contributed by atoms with Crippen molar-refractivity contribution < 1.29 is 19.1 Å². The average molecular weight is 381 g/mol. The highest BCUT2D eigenvalue weighted by Gasteiger charge is 2.32. The van der Waals surface area contributed by atoms with Crippen LogP contribution in [0, 0.1) is 13.8 Å². The van der Waals surface area contributed by atoms with Crippen LogP contribution in [-0.4, -0.2) is 37.7 Å². The Bertz CT molecular complexity index is 928. The molecule has 2 aromatic carbocycles. The Hall–Kier alpha value is -3.22. The van der Waals surface area contributed by atoms with Gasteiger partial charge >= 0.3 is 6.03 Å². The van der Waals surface area contributed by atoms with Crippen LogP contribution < -0.4 is 25.0 Å². The summed E-state index contributed by atoms with van der Waals surface area (Å²) in [5.74, 6) is 1.29. The van der Waals surface area contributed by atoms with Crippen molar-refractivity contribution in [3.05, 3.63) is 47.5 Å². The van der Waals surface area contributed by atoms with Gasteiger partial charge in [0.25, 0.3) is 0 Å². The fourth-order valence-electron chi connectivity index (χ4n) is 3.48. The van der Waals surface area contributed by atoms with Gasteiger partial charge in [-0.15, -0.1) is 0 Å². The quantitative estimate of drug-likeness (QED) is 0.857. The van der Waals surface area contributed by atoms with E-state index < -0.39 is 0 Å². The van der Waals surface area contributed by atoms with Crippen molar-refractivity contribution in [3.63, 3.8) is 0 Å². The number of benzene rings is 2. The van der Waals surface area contributed by atoms with E-state index in [1.165, 1.54) is 0 Å². The predicted octanol–water partition coefficient (Wildman–Crippen LogP) is 3.00. The largest absolute Gasteiger partial charge is 0.486 e. The van der Waals surface area contributed by atoms with Crippen molar-refractivity contribution in [1.82, 2.24) is 5.32 Å². The first-order valence-corrected chi connectivity index (χ1v) is 9.35. The van der Waals surface area contributed by atoms with Crippen molar-refractivity contribution in [3.8, 4) is 11.5 Å². The zero-order chi connectivity index (χ0) is 19.7. The van der Waals surface area contributed by atoms with Gasteiger partial charge in [0.05, 0.1) is 6.04 Å². The molecule has 2 N–H and O–H groups in total. The lowest BCUT2D eigenvalue weighted by atomic mass is 10.1. The SMILES string of the molecule is Cc1cccc(NC(=O)N[C@H]2CC(=O)N(c3ccc4c(c3)OCCO4)C2)c1C. The van der Waals surface area contributed by atoms with Gasteiger partial charge < -0.3 is 25.0 Å². The van der Waals surface area contributed by atoms with Gasteiger partial charge in [-0.25, -0.2) is 4.79 Å². The maximum absolute atomic E-state index is 12.5. The van der Waals surface area contributed by atoms with Gasteiger partial charge in [0.2, 0.25) is 5.91 Å². The molecule has 146 valence electrons. The predicted molar refractivity (Wildman–Crippen MR) is 106 cm³/mol. The van der Waals surface area contributed by atoms with Gasteiger partial charge in [-0.2, -0.15) is 0 Å². The topological polar surface area (TPSA) is 79.9 Å². The number of ether oxygens (including phenoxy) is 2. The summed E-state index contributed by atoms with van der Waals surface area (Å²) in [5.41, 5.74) is 3.65. The van der Waals surface area contributed by atoms with E-state index in [2.05, 4.69) is 10.6 Å². The normalized spacial score (nSPS) is 18.1. The van der Waals surface area contributed by atoms with Crippen LogP contribution in [0.1, 0.15) is 17.5 Å². The molecule has 0 unspecified atom stereocenters. The van der Waals surface area contributed by atoms with Crippen LogP contribution in [0.5, 0.6) is 11.5 Å². The van der Waals surface area contributed by atoms with Gasteiger partial charge in [0.15, 0.2) is 11.5 Å². The molecule has 28 heavy (non-hydrogen) atoms. The molecule has 0 aliphatic carbocycles. The van der Waals surface area contributed by atoms with Crippen molar-refractivity contribution >= 4 is 23.3 Å². The Balaban J connectivity index is 1.40. The second-order valence-electron chi connectivity index (χ2n) is 7.08. The second kappa shape index (κ2) is 7.42. The lowest BCUT2D eigenvalue weighted by Crippen LogP contribution is -2.39. The monoisotopic (exact) mass is 381 g/mol.